The van der Waals surface area contributed by atoms with Crippen LogP contribution in [0.5, 0.6) is 0 Å². The van der Waals surface area contributed by atoms with E-state index in [0.717, 1.165) is 30.0 Å². The highest BCUT2D eigenvalue weighted by Gasteiger charge is 2.47. The predicted molar refractivity (Wildman–Crippen MR) is 223 cm³/mol. The van der Waals surface area contributed by atoms with E-state index in [1.807, 2.05) is 0 Å². The highest BCUT2D eigenvalue weighted by atomic mass is 16.4. The summed E-state index contributed by atoms with van der Waals surface area (Å²) in [6, 6.07) is 37.3. The second-order valence-electron chi connectivity index (χ2n) is 18.1. The van der Waals surface area contributed by atoms with Crippen LogP contribution in [0.1, 0.15) is 102 Å². The predicted octanol–water partition coefficient (Wildman–Crippen LogP) is 11.4. The van der Waals surface area contributed by atoms with Gasteiger partial charge >= 0.3 is 0 Å². The number of nitrogens with zero attached hydrogens (tertiary/aromatic N) is 2. The van der Waals surface area contributed by atoms with Gasteiger partial charge in [-0.05, 0) is 130 Å². The summed E-state index contributed by atoms with van der Waals surface area (Å²) < 4.78 is 7.10. The van der Waals surface area contributed by atoms with E-state index in [-0.39, 0.29) is 23.0 Å². The molecule has 3 heterocycles. The van der Waals surface area contributed by atoms with Gasteiger partial charge in [-0.3, -0.25) is 4.90 Å². The Morgan fingerprint density at radius 1 is 0.712 bits per heavy atom. The zero-order valence-corrected chi connectivity index (χ0v) is 32.4. The van der Waals surface area contributed by atoms with Crippen molar-refractivity contribution in [3.05, 3.63) is 125 Å². The number of hydrogen-bond donors (Lipinski definition) is 0. The fraction of sp³-hybridized carbons (Fsp3) is 0.333. The van der Waals surface area contributed by atoms with Gasteiger partial charge in [-0.1, -0.05) is 110 Å². The number of aryl methyl sites for hydroxylation is 2. The van der Waals surface area contributed by atoms with Crippen molar-refractivity contribution in [2.45, 2.75) is 104 Å². The first-order valence-electron chi connectivity index (χ1n) is 19.4. The first kappa shape index (κ1) is 33.2. The Morgan fingerprint density at radius 2 is 1.42 bits per heavy atom. The molecule has 0 amide bonds. The first-order valence-corrected chi connectivity index (χ1v) is 19.4. The Hall–Kier alpha value is -4.70. The molecule has 3 nitrogen and oxygen atoms in total. The van der Waals surface area contributed by atoms with Crippen molar-refractivity contribution in [1.29, 1.82) is 0 Å². The van der Waals surface area contributed by atoms with E-state index < -0.39 is 0 Å². The minimum atomic E-state index is 0.00921. The number of hydrogen-bond acceptors (Lipinski definition) is 3. The molecular weight excluding hydrogens is 631 g/mol. The fourth-order valence-corrected chi connectivity index (χ4v) is 9.89. The molecule has 0 radical (unpaired) electrons. The van der Waals surface area contributed by atoms with Gasteiger partial charge in [0.05, 0.1) is 0 Å². The van der Waals surface area contributed by atoms with Crippen molar-refractivity contribution in [2.75, 3.05) is 9.80 Å². The molecule has 4 heteroatoms. The smallest absolute Gasteiger partial charge is 0.257 e. The Morgan fingerprint density at radius 3 is 2.15 bits per heavy atom. The van der Waals surface area contributed by atoms with Crippen molar-refractivity contribution in [3.8, 4) is 0 Å². The molecule has 0 saturated carbocycles. The van der Waals surface area contributed by atoms with Gasteiger partial charge in [0, 0.05) is 39.3 Å². The van der Waals surface area contributed by atoms with Gasteiger partial charge in [-0.25, -0.2) is 0 Å². The van der Waals surface area contributed by atoms with Gasteiger partial charge in [0.25, 0.3) is 6.71 Å². The van der Waals surface area contributed by atoms with E-state index >= 15 is 0 Å². The average molecular weight is 683 g/mol. The molecule has 5 aromatic carbocycles. The van der Waals surface area contributed by atoms with Crippen LogP contribution in [0.3, 0.4) is 0 Å². The molecule has 52 heavy (non-hydrogen) atoms. The lowest BCUT2D eigenvalue weighted by Crippen LogP contribution is -2.61. The van der Waals surface area contributed by atoms with Crippen LogP contribution >= 0.6 is 0 Å². The van der Waals surface area contributed by atoms with E-state index in [4.69, 9.17) is 4.42 Å². The molecule has 0 saturated heterocycles. The summed E-state index contributed by atoms with van der Waals surface area (Å²) in [6.45, 7) is 21.0. The summed E-state index contributed by atoms with van der Waals surface area (Å²) in [7, 11) is 0. The zero-order chi connectivity index (χ0) is 36.3. The van der Waals surface area contributed by atoms with Crippen molar-refractivity contribution in [3.63, 3.8) is 0 Å². The van der Waals surface area contributed by atoms with Crippen LogP contribution < -0.4 is 26.2 Å². The molecule has 1 aliphatic carbocycles. The average Bonchev–Trinajstić information content (AvgIpc) is 3.57. The highest BCUT2D eigenvalue weighted by Crippen LogP contribution is 2.52. The van der Waals surface area contributed by atoms with Crippen LogP contribution in [0.2, 0.25) is 0 Å². The molecule has 0 bridgehead atoms. The molecule has 6 aromatic rings. The maximum Gasteiger partial charge on any atom is 0.257 e. The molecule has 0 spiro atoms. The maximum atomic E-state index is 7.10. The molecule has 0 N–H and O–H groups in total. The number of fused-ring (bicyclic) bond motifs is 7. The van der Waals surface area contributed by atoms with Crippen LogP contribution in [0.15, 0.2) is 101 Å². The van der Waals surface area contributed by atoms with Crippen molar-refractivity contribution in [2.24, 2.45) is 0 Å². The summed E-state index contributed by atoms with van der Waals surface area (Å²) in [5.74, 6) is 0.937. The fourth-order valence-electron chi connectivity index (χ4n) is 9.89. The lowest BCUT2D eigenvalue weighted by molar-refractivity contribution is 0.403. The molecule has 0 fully saturated rings. The van der Waals surface area contributed by atoms with Crippen LogP contribution in [0.25, 0.3) is 11.0 Å². The van der Waals surface area contributed by atoms with Crippen LogP contribution in [0, 0.1) is 6.92 Å². The minimum Gasteiger partial charge on any atom is -0.440 e. The third-order valence-corrected chi connectivity index (χ3v) is 12.2. The van der Waals surface area contributed by atoms with Gasteiger partial charge < -0.3 is 9.32 Å². The third kappa shape index (κ3) is 4.93. The van der Waals surface area contributed by atoms with Gasteiger partial charge in [0.15, 0.2) is 0 Å². The number of unbranched alkanes of at least 4 members (excludes halogenated alkanes) is 1. The Balaban J connectivity index is 1.34. The van der Waals surface area contributed by atoms with E-state index in [9.17, 15) is 0 Å². The topological polar surface area (TPSA) is 19.6 Å². The third-order valence-electron chi connectivity index (χ3n) is 12.2. The number of rotatable bonds is 5. The molecule has 262 valence electrons. The highest BCUT2D eigenvalue weighted by molar-refractivity contribution is 7.01. The normalized spacial score (nSPS) is 16.5. The Kier molecular flexibility index (Phi) is 7.27. The summed E-state index contributed by atoms with van der Waals surface area (Å²) in [5.41, 5.74) is 18.0. The summed E-state index contributed by atoms with van der Waals surface area (Å²) in [6.07, 6.45) is 4.67. The van der Waals surface area contributed by atoms with Gasteiger partial charge in [0.1, 0.15) is 5.58 Å². The summed E-state index contributed by atoms with van der Waals surface area (Å²) in [5, 5.41) is 1.21. The summed E-state index contributed by atoms with van der Waals surface area (Å²) >= 11 is 0. The van der Waals surface area contributed by atoms with E-state index in [2.05, 4.69) is 169 Å². The second kappa shape index (κ2) is 11.4. The second-order valence-corrected chi connectivity index (χ2v) is 18.1. The molecular formula is C48H51BN2O. The van der Waals surface area contributed by atoms with Crippen molar-refractivity contribution < 1.29 is 4.42 Å². The number of anilines is 6. The molecule has 2 aliphatic heterocycles. The monoisotopic (exact) mass is 682 g/mol. The molecule has 0 unspecified atom stereocenters. The molecule has 3 aliphatic rings. The Labute approximate surface area is 310 Å². The van der Waals surface area contributed by atoms with Gasteiger partial charge in [-0.15, -0.1) is 0 Å². The molecule has 0 atom stereocenters. The van der Waals surface area contributed by atoms with E-state index in [0.29, 0.717) is 0 Å². The van der Waals surface area contributed by atoms with E-state index in [1.54, 1.807) is 0 Å². The van der Waals surface area contributed by atoms with Crippen LogP contribution in [-0.4, -0.2) is 6.71 Å². The molecule has 9 rings (SSSR count). The van der Waals surface area contributed by atoms with Crippen molar-refractivity contribution in [1.82, 2.24) is 0 Å². The van der Waals surface area contributed by atoms with Gasteiger partial charge in [0.2, 0.25) is 5.88 Å². The summed E-state index contributed by atoms with van der Waals surface area (Å²) in [4.78, 5) is 4.95. The number of furan rings is 1. The quantitative estimate of drug-likeness (QED) is 0.169. The van der Waals surface area contributed by atoms with E-state index in [1.165, 1.54) is 85.2 Å². The minimum absolute atomic E-state index is 0.00921. The van der Waals surface area contributed by atoms with Gasteiger partial charge in [-0.2, -0.15) is 0 Å². The SMILES string of the molecule is CCCCc1ccc(N2c3ccc(C)cc3B3c4c2cccc4N(c2ccc4c(c2)C(C)(C)CC4(C)C)c2oc4ccc(C(C)(C)C)cc4c23)cc1. The largest absolute Gasteiger partial charge is 0.440 e. The zero-order valence-electron chi connectivity index (χ0n) is 32.4. The van der Waals surface area contributed by atoms with Crippen molar-refractivity contribution >= 4 is 68.4 Å². The number of benzene rings is 5. The van der Waals surface area contributed by atoms with Crippen LogP contribution in [0.4, 0.5) is 34.3 Å². The van der Waals surface area contributed by atoms with Crippen LogP contribution in [-0.2, 0) is 22.7 Å². The standard InChI is InChI=1S/C48H51BN2O/c1-10-11-13-31-17-20-33(21-18-31)50-39-24-16-30(2)26-38(39)49-43-35-27-32(46(3,4)5)19-25-42(35)52-45(43)51(41-15-12-14-40(50)44(41)49)34-22-23-36-37(28-34)48(8,9)29-47(36,6)7/h12,14-28H,10-11,13,29H2,1-9H3. The maximum absolute atomic E-state index is 7.10. The first-order chi connectivity index (χ1) is 24.8. The molecule has 1 aromatic heterocycles. The lowest BCUT2D eigenvalue weighted by atomic mass is 9.33. The Bertz CT molecular complexity index is 2390. The lowest BCUT2D eigenvalue weighted by Gasteiger charge is -2.42.